The maximum atomic E-state index is 3.78. The summed E-state index contributed by atoms with van der Waals surface area (Å²) in [5, 5.41) is 0. The average molecular weight is 1020 g/mol. The molecule has 0 aromatic heterocycles. The molecule has 2 saturated carbocycles. The van der Waals surface area contributed by atoms with Crippen molar-refractivity contribution in [3.05, 3.63) is 163 Å². The van der Waals surface area contributed by atoms with Crippen molar-refractivity contribution in [1.82, 2.24) is 0 Å². The minimum Gasteiger partial charge on any atom is -1.00 e. The molecule has 0 spiro atoms. The van der Waals surface area contributed by atoms with Crippen LogP contribution in [0.1, 0.15) is 72.9 Å². The molecule has 8 rings (SSSR count). The zero-order chi connectivity index (χ0) is 35.5. The summed E-state index contributed by atoms with van der Waals surface area (Å²) in [5.74, 6) is 0.408. The molecule has 270 valence electrons. The van der Waals surface area contributed by atoms with E-state index in [0.717, 1.165) is 15.4 Å². The van der Waals surface area contributed by atoms with Gasteiger partial charge in [-0.25, -0.2) is 0 Å². The van der Waals surface area contributed by atoms with Gasteiger partial charge < -0.3 is 24.8 Å². The third-order valence-corrected chi connectivity index (χ3v) is 31.0. The number of rotatable bonds is 4. The molecular formula is C47H50Br2Cl2Hf. The molecule has 6 aliphatic rings. The van der Waals surface area contributed by atoms with Crippen LogP contribution >= 0.6 is 31.9 Å². The predicted octanol–water partition coefficient (Wildman–Crippen LogP) is 7.49. The molecule has 2 aromatic rings. The second kappa shape index (κ2) is 13.4. The van der Waals surface area contributed by atoms with Crippen LogP contribution in [0.15, 0.2) is 151 Å². The first-order valence-corrected chi connectivity index (χ1v) is 25.6. The second-order valence-electron chi connectivity index (χ2n) is 17.1. The van der Waals surface area contributed by atoms with Gasteiger partial charge in [-0.3, -0.25) is 0 Å². The van der Waals surface area contributed by atoms with E-state index >= 15 is 0 Å². The van der Waals surface area contributed by atoms with E-state index in [9.17, 15) is 0 Å². The van der Waals surface area contributed by atoms with E-state index in [1.807, 2.05) is 0 Å². The van der Waals surface area contributed by atoms with E-state index in [-0.39, 0.29) is 62.7 Å². The Balaban J connectivity index is 0.00000232. The fourth-order valence-corrected chi connectivity index (χ4v) is 30.0. The van der Waals surface area contributed by atoms with Crippen molar-refractivity contribution in [2.45, 2.75) is 65.5 Å². The van der Waals surface area contributed by atoms with Crippen molar-refractivity contribution in [2.75, 3.05) is 0 Å². The Morgan fingerprint density at radius 2 is 1.10 bits per heavy atom. The van der Waals surface area contributed by atoms with Crippen molar-refractivity contribution in [2.24, 2.45) is 43.8 Å². The van der Waals surface area contributed by atoms with Gasteiger partial charge in [-0.05, 0) is 0 Å². The molecule has 0 amide bonds. The van der Waals surface area contributed by atoms with Gasteiger partial charge in [-0.2, -0.15) is 0 Å². The molecule has 9 atom stereocenters. The molecule has 0 aliphatic heterocycles. The normalized spacial score (nSPS) is 39.9. The van der Waals surface area contributed by atoms with Crippen LogP contribution in [0, 0.1) is 43.8 Å². The number of allylic oxidation sites excluding steroid dienone is 16. The Morgan fingerprint density at radius 1 is 0.615 bits per heavy atom. The van der Waals surface area contributed by atoms with Gasteiger partial charge in [-0.15, -0.1) is 0 Å². The van der Waals surface area contributed by atoms with Gasteiger partial charge >= 0.3 is 328 Å². The first-order chi connectivity index (χ1) is 23.7. The molecular weight excluding hydrogens is 974 g/mol. The molecule has 0 saturated heterocycles. The molecule has 5 heteroatoms. The monoisotopic (exact) mass is 1020 g/mol. The molecule has 0 radical (unpaired) electrons. The molecule has 0 N–H and O–H groups in total. The zero-order valence-corrected chi connectivity index (χ0v) is 39.9. The van der Waals surface area contributed by atoms with E-state index in [1.165, 1.54) is 11.1 Å². The van der Waals surface area contributed by atoms with Crippen LogP contribution in [0.4, 0.5) is 0 Å². The van der Waals surface area contributed by atoms with E-state index in [1.54, 1.807) is 12.2 Å². The summed E-state index contributed by atoms with van der Waals surface area (Å²) >= 11 is 4.34. The minimum absolute atomic E-state index is 0. The zero-order valence-electron chi connectivity index (χ0n) is 31.6. The predicted molar refractivity (Wildman–Crippen MR) is 217 cm³/mol. The van der Waals surface area contributed by atoms with E-state index in [4.69, 9.17) is 0 Å². The standard InChI is InChI=1S/C29H37.C13H8Br2.C5H5.2ClH.Hf/c1-21-14-13-15-22-20-27(6)25(4)18-10-9-16-23(25,2)24(3)17-11-12-19-26(24,5)29(27,8)28(21,22)7;14-12-5-1-10(2-6-12)9-11-3-7-13(15)8-4-11;1-2-4-5-3-1;;;/h9-20,22H,1-8H3;1-8H;1-3H,4H2;2*1H;/q;;;;;+2/p-2. The first-order valence-electron chi connectivity index (χ1n) is 18.4. The van der Waals surface area contributed by atoms with Crippen LogP contribution < -0.4 is 24.8 Å². The Bertz CT molecular complexity index is 2030. The van der Waals surface area contributed by atoms with Crippen LogP contribution in [0.25, 0.3) is 0 Å². The Hall–Kier alpha value is -1.36. The van der Waals surface area contributed by atoms with Crippen LogP contribution in [0.2, 0.25) is 3.67 Å². The largest absolute Gasteiger partial charge is 1.00 e. The topological polar surface area (TPSA) is 0 Å². The van der Waals surface area contributed by atoms with Crippen molar-refractivity contribution >= 4 is 35.1 Å². The summed E-state index contributed by atoms with van der Waals surface area (Å²) in [6.45, 7) is 21.3. The third kappa shape index (κ3) is 4.62. The molecule has 9 unspecified atom stereocenters. The van der Waals surface area contributed by atoms with Crippen LogP contribution in [0.5, 0.6) is 0 Å². The Kier molecular flexibility index (Phi) is 10.4. The summed E-state index contributed by atoms with van der Waals surface area (Å²) in [4.78, 5) is 0. The van der Waals surface area contributed by atoms with Crippen LogP contribution in [-0.4, -0.2) is 3.26 Å². The van der Waals surface area contributed by atoms with Crippen LogP contribution in [0.3, 0.4) is 0 Å². The molecule has 2 aromatic carbocycles. The summed E-state index contributed by atoms with van der Waals surface area (Å²) in [5.41, 5.74) is 3.65. The Morgan fingerprint density at radius 3 is 1.60 bits per heavy atom. The number of hydrogen-bond donors (Lipinski definition) is 0. The fourth-order valence-electron chi connectivity index (χ4n) is 13.1. The van der Waals surface area contributed by atoms with E-state index in [2.05, 4.69) is 221 Å². The maximum absolute atomic E-state index is 3.78. The van der Waals surface area contributed by atoms with Crippen molar-refractivity contribution in [3.63, 3.8) is 0 Å². The molecule has 6 aliphatic carbocycles. The number of halogens is 4. The van der Waals surface area contributed by atoms with Gasteiger partial charge in [0.15, 0.2) is 0 Å². The van der Waals surface area contributed by atoms with E-state index in [0.29, 0.717) is 9.59 Å². The molecule has 52 heavy (non-hydrogen) atoms. The minimum atomic E-state index is -3.23. The first kappa shape index (κ1) is 40.3. The van der Waals surface area contributed by atoms with Gasteiger partial charge in [0.2, 0.25) is 0 Å². The number of benzene rings is 2. The summed E-state index contributed by atoms with van der Waals surface area (Å²) in [6, 6.07) is 18.6. The second-order valence-corrected chi connectivity index (χ2v) is 28.3. The molecule has 0 heterocycles. The third-order valence-electron chi connectivity index (χ3n) is 16.5. The fraction of sp³-hybridized carbons (Fsp3) is 0.383. The van der Waals surface area contributed by atoms with E-state index < -0.39 is 21.0 Å². The maximum Gasteiger partial charge on any atom is -1.00 e. The van der Waals surface area contributed by atoms with Gasteiger partial charge in [0.25, 0.3) is 0 Å². The van der Waals surface area contributed by atoms with Gasteiger partial charge in [0.1, 0.15) is 0 Å². The Labute approximate surface area is 349 Å². The number of fused-ring (bicyclic) bond motifs is 8. The summed E-state index contributed by atoms with van der Waals surface area (Å²) in [7, 11) is 0. The molecule has 0 bridgehead atoms. The molecule has 0 nitrogen and oxygen atoms in total. The van der Waals surface area contributed by atoms with Crippen molar-refractivity contribution in [1.29, 1.82) is 0 Å². The average Bonchev–Trinajstić information content (AvgIpc) is 3.69. The SMILES string of the molecule is CC1=CC=CC2[CH]([Hf+2]([C]3=CC=CC3)=[C](c3ccc(Br)cc3)c3ccc(Br)cc3)C3(C)C4(C)C=CC=CC4(C)C4(C)C=CC=CC4(C)C3(C)C12C.[Cl-].[Cl-]. The smallest absolute Gasteiger partial charge is 1.00 e. The van der Waals surface area contributed by atoms with Crippen LogP contribution in [-0.2, 0) is 21.0 Å². The van der Waals surface area contributed by atoms with Gasteiger partial charge in [0, 0.05) is 0 Å². The molecule has 2 fully saturated rings. The summed E-state index contributed by atoms with van der Waals surface area (Å²) in [6.07, 6.45) is 36.1. The van der Waals surface area contributed by atoms with Crippen molar-refractivity contribution < 1.29 is 45.8 Å². The van der Waals surface area contributed by atoms with Crippen molar-refractivity contribution in [3.8, 4) is 0 Å². The number of hydrogen-bond acceptors (Lipinski definition) is 0. The van der Waals surface area contributed by atoms with Gasteiger partial charge in [0.05, 0.1) is 0 Å². The van der Waals surface area contributed by atoms with Gasteiger partial charge in [-0.1, -0.05) is 0 Å². The summed E-state index contributed by atoms with van der Waals surface area (Å²) < 4.78 is 6.16. The quantitative estimate of drug-likeness (QED) is 0.279.